The highest BCUT2D eigenvalue weighted by atomic mass is 35.9. The lowest BCUT2D eigenvalue weighted by Crippen LogP contribution is -1.91. The van der Waals surface area contributed by atoms with E-state index in [9.17, 15) is 0 Å². The fourth-order valence-electron chi connectivity index (χ4n) is 0.124. The average Bonchev–Trinajstić information content (AvgIpc) is 2.19. The van der Waals surface area contributed by atoms with Crippen molar-refractivity contribution in [1.29, 1.82) is 0 Å². The Morgan fingerprint density at radius 3 is 1.00 bits per heavy atom. The molecule has 1 aromatic rings. The minimum absolute atomic E-state index is 0.512. The van der Waals surface area contributed by atoms with Crippen LogP contribution in [0.3, 0.4) is 0 Å². The summed E-state index contributed by atoms with van der Waals surface area (Å²) in [6.07, 6.45) is 0. The van der Waals surface area contributed by atoms with Crippen LogP contribution >= 0.6 is 75.0 Å². The van der Waals surface area contributed by atoms with Gasteiger partial charge >= 0.3 is 9.39 Å². The Kier molecular flexibility index (Phi) is 6.17. The van der Waals surface area contributed by atoms with Crippen LogP contribution in [-0.4, -0.2) is 9.39 Å². The Bertz CT molecular complexity index is 157. The summed E-state index contributed by atoms with van der Waals surface area (Å²) >= 11 is 15.8. The van der Waals surface area contributed by atoms with E-state index >= 15 is 0 Å². The fourth-order valence-corrected chi connectivity index (χ4v) is 0.695. The molecule has 0 spiro atoms. The standard InChI is InChI=1S/C3Cl3.Al.4ClH/c4-1-2(5)3(1)6;;;;;/h;;4*1H/q+1;+3;;;;/p-4. The van der Waals surface area contributed by atoms with Crippen molar-refractivity contribution in [2.45, 2.75) is 0 Å². The zero-order valence-corrected chi connectivity index (χ0v) is 11.2. The molecule has 0 aliphatic carbocycles. The largest absolute Gasteiger partial charge is 0.564 e. The first-order chi connectivity index (χ1) is 4.73. The number of hydrogen-bond acceptors (Lipinski definition) is 0. The van der Waals surface area contributed by atoms with Gasteiger partial charge in [0.05, 0.1) is 0 Å². The summed E-state index contributed by atoms with van der Waals surface area (Å²) in [5.41, 5.74) is 0. The van der Waals surface area contributed by atoms with Crippen LogP contribution in [0, 0.1) is 0 Å². The van der Waals surface area contributed by atoms with Gasteiger partial charge in [-0.05, 0) is 0 Å². The third-order valence-corrected chi connectivity index (χ3v) is 1.94. The molecule has 8 heteroatoms. The summed E-state index contributed by atoms with van der Waals surface area (Å²) < 4.78 is 0. The molecule has 0 aromatic heterocycles. The summed E-state index contributed by atoms with van der Waals surface area (Å²) in [5, 5.41) is 1.54. The van der Waals surface area contributed by atoms with Gasteiger partial charge in [0.1, 0.15) is 0 Å². The summed E-state index contributed by atoms with van der Waals surface area (Å²) in [6.45, 7) is 0. The highest BCUT2D eigenvalue weighted by molar-refractivity contribution is 7.81. The lowest BCUT2D eigenvalue weighted by molar-refractivity contribution is 2.45. The van der Waals surface area contributed by atoms with E-state index in [1.165, 1.54) is 0 Å². The first kappa shape index (κ1) is 13.2. The monoisotopic (exact) mass is 308 g/mol. The molecule has 0 aliphatic rings. The van der Waals surface area contributed by atoms with Crippen LogP contribution in [0.4, 0.5) is 0 Å². The molecule has 11 heavy (non-hydrogen) atoms. The van der Waals surface area contributed by atoms with Crippen molar-refractivity contribution < 1.29 is 0 Å². The topological polar surface area (TPSA) is 0 Å². The van der Waals surface area contributed by atoms with Crippen LogP contribution in [-0.2, 0) is 0 Å². The van der Waals surface area contributed by atoms with Crippen molar-refractivity contribution in [3.63, 3.8) is 0 Å². The molecule has 1 rings (SSSR count). The van der Waals surface area contributed by atoms with E-state index in [0.29, 0.717) is 15.1 Å². The quantitative estimate of drug-likeness (QED) is 0.457. The van der Waals surface area contributed by atoms with E-state index in [0.717, 1.165) is 0 Å². The van der Waals surface area contributed by atoms with Crippen LogP contribution in [0.15, 0.2) is 0 Å². The van der Waals surface area contributed by atoms with Crippen LogP contribution in [0.1, 0.15) is 0 Å². The Hall–Kier alpha value is 2.17. The van der Waals surface area contributed by atoms with Gasteiger partial charge in [-0.1, -0.05) is 0 Å². The maximum absolute atomic E-state index is 5.27. The van der Waals surface area contributed by atoms with E-state index in [2.05, 4.69) is 0 Å². The summed E-state index contributed by atoms with van der Waals surface area (Å²) in [7, 11) is 17.0. The third kappa shape index (κ3) is 8.50. The van der Waals surface area contributed by atoms with Gasteiger partial charge in [0.25, 0.3) is 15.1 Å². The molecule has 0 unspecified atom stereocenters. The highest BCUT2D eigenvalue weighted by Crippen LogP contribution is 2.45. The molecule has 0 aliphatic heterocycles. The lowest BCUT2D eigenvalue weighted by atomic mass is 11.2. The van der Waals surface area contributed by atoms with Gasteiger partial charge in [0.2, 0.25) is 0 Å². The van der Waals surface area contributed by atoms with Crippen molar-refractivity contribution in [2.24, 2.45) is 0 Å². The van der Waals surface area contributed by atoms with Crippen molar-refractivity contribution in [3.8, 4) is 0 Å². The van der Waals surface area contributed by atoms with Crippen molar-refractivity contribution >= 4 is 84.4 Å². The van der Waals surface area contributed by atoms with E-state index in [1.807, 2.05) is 0 Å². The van der Waals surface area contributed by atoms with Crippen LogP contribution < -0.4 is 0 Å². The fraction of sp³-hybridized carbons (Fsp3) is 0. The van der Waals surface area contributed by atoms with Gasteiger partial charge in [-0.2, -0.15) is 0 Å². The molecule has 0 saturated carbocycles. The first-order valence-corrected chi connectivity index (χ1v) is 10.3. The van der Waals surface area contributed by atoms with Crippen LogP contribution in [0.25, 0.3) is 0 Å². The lowest BCUT2D eigenvalue weighted by Gasteiger charge is -1.97. The molecule has 0 heterocycles. The Balaban J connectivity index is 0.000000187. The van der Waals surface area contributed by atoms with E-state index in [-0.39, 0.29) is 0 Å². The number of halogens is 7. The highest BCUT2D eigenvalue weighted by Gasteiger charge is 2.36. The minimum Gasteiger partial charge on any atom is -0.391 e. The molecule has 0 bridgehead atoms. The second kappa shape index (κ2) is 5.15. The molecule has 0 radical (unpaired) electrons. The molecule has 1 aromatic carbocycles. The zero-order valence-electron chi connectivity index (χ0n) is 4.72. The van der Waals surface area contributed by atoms with Gasteiger partial charge in [-0.25, -0.2) is 0 Å². The Labute approximate surface area is 98.4 Å². The minimum atomic E-state index is -2.94. The van der Waals surface area contributed by atoms with Crippen LogP contribution in [0.2, 0.25) is 15.1 Å². The predicted octanol–water partition coefficient (Wildman–Crippen LogP) is 5.18. The predicted molar refractivity (Wildman–Crippen MR) is 57.4 cm³/mol. The molecule has 0 saturated heterocycles. The molecule has 0 nitrogen and oxygen atoms in total. The zero-order chi connectivity index (χ0) is 9.23. The second-order valence-corrected chi connectivity index (χ2v) is 15.4. The number of hydrogen-bond donors (Lipinski definition) is 0. The average molecular weight is 311 g/mol. The molecule has 0 N–H and O–H groups in total. The van der Waals surface area contributed by atoms with E-state index in [1.54, 1.807) is 0 Å². The van der Waals surface area contributed by atoms with Gasteiger partial charge in [-0.3, -0.25) is 0 Å². The Morgan fingerprint density at radius 1 is 0.909 bits per heavy atom. The normalized spacial score (nSPS) is 11.2. The molecule has 0 fully saturated rings. The van der Waals surface area contributed by atoms with Crippen molar-refractivity contribution in [3.05, 3.63) is 15.1 Å². The number of rotatable bonds is 0. The SMILES string of the molecule is Clc1c(Cl)[c+]1Cl.[Cl][Al-]([Cl])([Cl])[Cl]. The second-order valence-electron chi connectivity index (χ2n) is 1.44. The Morgan fingerprint density at radius 2 is 1.00 bits per heavy atom. The maximum Gasteiger partial charge on any atom is 0.564 e. The first-order valence-electron chi connectivity index (χ1n) is 2.19. The van der Waals surface area contributed by atoms with Crippen molar-refractivity contribution in [2.75, 3.05) is 0 Å². The van der Waals surface area contributed by atoms with Crippen LogP contribution in [0.5, 0.6) is 0 Å². The maximum atomic E-state index is 5.27. The summed E-state index contributed by atoms with van der Waals surface area (Å²) in [4.78, 5) is 0. The van der Waals surface area contributed by atoms with Gasteiger partial charge < -0.3 is 40.2 Å². The molecule has 64 valence electrons. The van der Waals surface area contributed by atoms with Gasteiger partial charge in [0, 0.05) is 34.8 Å². The van der Waals surface area contributed by atoms with Crippen molar-refractivity contribution in [1.82, 2.24) is 0 Å². The smallest absolute Gasteiger partial charge is 0.391 e. The molecular weight excluding hydrogens is 311 g/mol. The summed E-state index contributed by atoms with van der Waals surface area (Å²) in [5.74, 6) is 0. The van der Waals surface area contributed by atoms with Gasteiger partial charge in [-0.15, -0.1) is 0 Å². The molecule has 0 amide bonds. The third-order valence-electron chi connectivity index (χ3n) is 0.516. The molecule has 0 atom stereocenters. The van der Waals surface area contributed by atoms with Gasteiger partial charge in [0.15, 0.2) is 0 Å². The van der Waals surface area contributed by atoms with E-state index < -0.39 is 9.39 Å². The molecular formula is C3AlCl7. The summed E-state index contributed by atoms with van der Waals surface area (Å²) in [6, 6.07) is 0. The van der Waals surface area contributed by atoms with E-state index in [4.69, 9.17) is 75.0 Å².